The van der Waals surface area contributed by atoms with Gasteiger partial charge in [-0.25, -0.2) is 0 Å². The van der Waals surface area contributed by atoms with Gasteiger partial charge in [-0.05, 0) is 84.2 Å². The van der Waals surface area contributed by atoms with Gasteiger partial charge in [-0.15, -0.1) is 0 Å². The van der Waals surface area contributed by atoms with E-state index in [-0.39, 0.29) is 33.8 Å². The fraction of sp³-hybridized carbons (Fsp3) is 0.658. The maximum atomic E-state index is 12.5. The van der Waals surface area contributed by atoms with Crippen LogP contribution >= 0.6 is 0 Å². The van der Waals surface area contributed by atoms with Crippen molar-refractivity contribution < 1.29 is 14.3 Å². The molecule has 1 N–H and O–H groups in total. The van der Waals surface area contributed by atoms with Gasteiger partial charge in [0.25, 0.3) is 0 Å². The molecule has 2 heterocycles. The third-order valence-corrected chi connectivity index (χ3v) is 15.2. The van der Waals surface area contributed by atoms with Crippen LogP contribution in [0, 0.1) is 5.41 Å². The molecule has 2 aromatic rings. The minimum Gasteiger partial charge on any atom is -0.410 e. The van der Waals surface area contributed by atoms with Crippen LogP contribution in [0.25, 0.3) is 0 Å². The van der Waals surface area contributed by atoms with Crippen LogP contribution < -0.4 is 0 Å². The quantitative estimate of drug-likeness (QED) is 0.264. The first kappa shape index (κ1) is 32.6. The standard InChI is InChI=1S/C38H57NO3Si/c1-36(2,3)28-17-15-27(16-18-28)35(40)33-31(25-13-11-12-14-25)32-29(39-34(33)26-19-21-41-22-20-26)23-38(7,8)24-30(32)42-43(9,10)37(4,5)6/h11,13,15-18,25-26,30,35,40H,12,14,19-24H2,1-10H3/t25?,30?,35-/m1/s1. The van der Waals surface area contributed by atoms with Crippen LogP contribution in [0.15, 0.2) is 36.4 Å². The molecule has 1 saturated heterocycles. The molecule has 0 amide bonds. The smallest absolute Gasteiger partial charge is 0.192 e. The van der Waals surface area contributed by atoms with Crippen LogP contribution in [-0.2, 0) is 21.0 Å². The summed E-state index contributed by atoms with van der Waals surface area (Å²) in [4.78, 5) is 5.61. The van der Waals surface area contributed by atoms with Crippen LogP contribution in [0.1, 0.15) is 151 Å². The lowest BCUT2D eigenvalue weighted by molar-refractivity contribution is 0.0826. The number of benzene rings is 1. The van der Waals surface area contributed by atoms with E-state index in [9.17, 15) is 5.11 Å². The van der Waals surface area contributed by atoms with E-state index in [0.29, 0.717) is 0 Å². The third kappa shape index (κ3) is 6.76. The molecule has 4 nitrogen and oxygen atoms in total. The molecule has 43 heavy (non-hydrogen) atoms. The van der Waals surface area contributed by atoms with E-state index in [1.54, 1.807) is 0 Å². The van der Waals surface area contributed by atoms with Crippen LogP contribution in [0.4, 0.5) is 0 Å². The first-order valence-electron chi connectivity index (χ1n) is 16.8. The molecule has 0 bridgehead atoms. The van der Waals surface area contributed by atoms with Crippen LogP contribution in [0.2, 0.25) is 18.1 Å². The Hall–Kier alpha value is -1.79. The monoisotopic (exact) mass is 603 g/mol. The molecule has 1 aromatic heterocycles. The second-order valence-electron chi connectivity index (χ2n) is 16.9. The van der Waals surface area contributed by atoms with E-state index in [1.807, 2.05) is 0 Å². The van der Waals surface area contributed by atoms with Gasteiger partial charge in [0.15, 0.2) is 8.32 Å². The Balaban J connectivity index is 1.76. The van der Waals surface area contributed by atoms with Gasteiger partial charge in [-0.3, -0.25) is 4.98 Å². The van der Waals surface area contributed by atoms with Crippen molar-refractivity contribution in [2.75, 3.05) is 13.2 Å². The van der Waals surface area contributed by atoms with Gasteiger partial charge in [0, 0.05) is 41.9 Å². The van der Waals surface area contributed by atoms with E-state index < -0.39 is 14.4 Å². The zero-order chi connectivity index (χ0) is 31.4. The predicted molar refractivity (Wildman–Crippen MR) is 180 cm³/mol. The summed E-state index contributed by atoms with van der Waals surface area (Å²) < 4.78 is 13.2. The lowest BCUT2D eigenvalue weighted by atomic mass is 9.70. The number of rotatable bonds is 6. The first-order valence-corrected chi connectivity index (χ1v) is 19.7. The molecule has 3 aliphatic rings. The maximum Gasteiger partial charge on any atom is 0.192 e. The summed E-state index contributed by atoms with van der Waals surface area (Å²) in [7, 11) is -2.09. The van der Waals surface area contributed by atoms with Crippen molar-refractivity contribution in [3.8, 4) is 0 Å². The van der Waals surface area contributed by atoms with E-state index in [1.165, 1.54) is 22.4 Å². The fourth-order valence-electron chi connectivity index (χ4n) is 7.14. The average Bonchev–Trinajstić information content (AvgIpc) is 3.45. The molecule has 1 fully saturated rings. The Morgan fingerprint density at radius 3 is 2.19 bits per heavy atom. The van der Waals surface area contributed by atoms with Gasteiger partial charge in [-0.2, -0.15) is 0 Å². The van der Waals surface area contributed by atoms with E-state index in [2.05, 4.69) is 105 Å². The van der Waals surface area contributed by atoms with Gasteiger partial charge in [0.05, 0.1) is 11.8 Å². The van der Waals surface area contributed by atoms with Crippen molar-refractivity contribution in [1.82, 2.24) is 4.98 Å². The predicted octanol–water partition coefficient (Wildman–Crippen LogP) is 9.82. The SMILES string of the molecule is CC1(C)Cc2nc(C3CCOCC3)c([C@H](O)c3ccc(C(C)(C)C)cc3)c(C3C=CCC3)c2C(O[Si](C)(C)C(C)(C)C)C1. The number of aliphatic hydroxyl groups is 1. The molecule has 1 aliphatic heterocycles. The molecule has 5 rings (SSSR count). The molecule has 2 aliphatic carbocycles. The van der Waals surface area contributed by atoms with Crippen LogP contribution in [0.5, 0.6) is 0 Å². The molecule has 2 unspecified atom stereocenters. The second-order valence-corrected chi connectivity index (χ2v) is 21.6. The number of nitrogens with zero attached hydrogens (tertiary/aromatic N) is 1. The second kappa shape index (κ2) is 11.9. The number of hydrogen-bond donors (Lipinski definition) is 1. The lowest BCUT2D eigenvalue weighted by Crippen LogP contribution is -2.44. The van der Waals surface area contributed by atoms with E-state index in [0.717, 1.165) is 68.6 Å². The van der Waals surface area contributed by atoms with Crippen molar-refractivity contribution in [3.63, 3.8) is 0 Å². The Labute approximate surface area is 262 Å². The van der Waals surface area contributed by atoms with Gasteiger partial charge >= 0.3 is 0 Å². The van der Waals surface area contributed by atoms with Crippen LogP contribution in [-0.4, -0.2) is 31.6 Å². The summed E-state index contributed by atoms with van der Waals surface area (Å²) in [6, 6.07) is 8.66. The van der Waals surface area contributed by atoms with Gasteiger partial charge < -0.3 is 14.3 Å². The molecular weight excluding hydrogens is 547 g/mol. The fourth-order valence-corrected chi connectivity index (χ4v) is 8.40. The summed E-state index contributed by atoms with van der Waals surface area (Å²) in [6.45, 7) is 24.7. The van der Waals surface area contributed by atoms with Gasteiger partial charge in [0.2, 0.25) is 0 Å². The number of fused-ring (bicyclic) bond motifs is 1. The highest BCUT2D eigenvalue weighted by Crippen LogP contribution is 2.53. The molecule has 0 radical (unpaired) electrons. The minimum atomic E-state index is -2.09. The summed E-state index contributed by atoms with van der Waals surface area (Å²) >= 11 is 0. The zero-order valence-corrected chi connectivity index (χ0v) is 29.6. The number of aromatic nitrogens is 1. The zero-order valence-electron chi connectivity index (χ0n) is 28.6. The number of allylic oxidation sites excluding steroid dienone is 2. The van der Waals surface area contributed by atoms with Crippen molar-refractivity contribution in [2.24, 2.45) is 5.41 Å². The highest BCUT2D eigenvalue weighted by atomic mass is 28.4. The molecule has 236 valence electrons. The maximum absolute atomic E-state index is 12.5. The van der Waals surface area contributed by atoms with Gasteiger partial charge in [-0.1, -0.05) is 91.8 Å². The lowest BCUT2D eigenvalue weighted by Gasteiger charge is -2.46. The molecular formula is C38H57NO3Si. The number of pyridine rings is 1. The van der Waals surface area contributed by atoms with Crippen molar-refractivity contribution in [2.45, 2.75) is 142 Å². The van der Waals surface area contributed by atoms with Crippen molar-refractivity contribution in [3.05, 3.63) is 75.6 Å². The van der Waals surface area contributed by atoms with Gasteiger partial charge in [0.1, 0.15) is 6.10 Å². The minimum absolute atomic E-state index is 0.0194. The molecule has 5 heteroatoms. The molecule has 0 spiro atoms. The number of ether oxygens (including phenoxy) is 1. The van der Waals surface area contributed by atoms with E-state index >= 15 is 0 Å². The highest BCUT2D eigenvalue weighted by molar-refractivity contribution is 6.74. The van der Waals surface area contributed by atoms with Crippen molar-refractivity contribution >= 4 is 8.32 Å². The summed E-state index contributed by atoms with van der Waals surface area (Å²) in [6.07, 6.45) is 9.92. The Bertz CT molecular complexity index is 1320. The number of aliphatic hydroxyl groups excluding tert-OH is 1. The Kier molecular flexibility index (Phi) is 8.99. The molecule has 0 saturated carbocycles. The average molecular weight is 604 g/mol. The number of hydrogen-bond acceptors (Lipinski definition) is 4. The molecule has 3 atom stereocenters. The largest absolute Gasteiger partial charge is 0.410 e. The highest BCUT2D eigenvalue weighted by Gasteiger charge is 2.45. The van der Waals surface area contributed by atoms with E-state index in [4.69, 9.17) is 14.1 Å². The molecule has 1 aromatic carbocycles. The third-order valence-electron chi connectivity index (χ3n) is 10.7. The summed E-state index contributed by atoms with van der Waals surface area (Å²) in [5.41, 5.74) is 8.34. The van der Waals surface area contributed by atoms with Crippen LogP contribution in [0.3, 0.4) is 0 Å². The summed E-state index contributed by atoms with van der Waals surface area (Å²) in [5.74, 6) is 0.548. The Morgan fingerprint density at radius 1 is 0.977 bits per heavy atom. The first-order chi connectivity index (χ1) is 20.0. The summed E-state index contributed by atoms with van der Waals surface area (Å²) in [5, 5.41) is 12.6. The Morgan fingerprint density at radius 2 is 1.63 bits per heavy atom. The van der Waals surface area contributed by atoms with Crippen molar-refractivity contribution in [1.29, 1.82) is 0 Å². The normalized spacial score (nSPS) is 23.8. The topological polar surface area (TPSA) is 51.6 Å².